The molecule has 0 unspecified atom stereocenters. The van der Waals surface area contributed by atoms with Gasteiger partial charge < -0.3 is 5.32 Å². The molecular formula is C14H23BrN2O2S. The molecular weight excluding hydrogens is 340 g/mol. The van der Waals surface area contributed by atoms with Gasteiger partial charge in [0.1, 0.15) is 0 Å². The van der Waals surface area contributed by atoms with Crippen molar-refractivity contribution in [3.63, 3.8) is 0 Å². The second-order valence-electron chi connectivity index (χ2n) is 5.20. The Kier molecular flexibility index (Phi) is 6.99. The summed E-state index contributed by atoms with van der Waals surface area (Å²) in [4.78, 5) is 0. The topological polar surface area (TPSA) is 58.2 Å². The SMILES string of the molecule is Cc1ccc(Br)cc1NS(=O)(=O)CCCCNC(C)C. The number of halogens is 1. The Morgan fingerprint density at radius 2 is 1.95 bits per heavy atom. The number of anilines is 1. The summed E-state index contributed by atoms with van der Waals surface area (Å²) in [5.74, 6) is 0.152. The first-order chi connectivity index (χ1) is 9.30. The van der Waals surface area contributed by atoms with Gasteiger partial charge in [-0.25, -0.2) is 8.42 Å². The molecule has 114 valence electrons. The van der Waals surface area contributed by atoms with Crippen molar-refractivity contribution >= 4 is 31.6 Å². The van der Waals surface area contributed by atoms with Crippen molar-refractivity contribution in [2.24, 2.45) is 0 Å². The van der Waals surface area contributed by atoms with Gasteiger partial charge in [-0.05, 0) is 44.0 Å². The van der Waals surface area contributed by atoms with E-state index in [1.54, 1.807) is 6.07 Å². The zero-order chi connectivity index (χ0) is 15.2. The Labute approximate surface area is 130 Å². The molecule has 0 saturated heterocycles. The monoisotopic (exact) mass is 362 g/mol. The Bertz CT molecular complexity index is 530. The predicted octanol–water partition coefficient (Wildman–Crippen LogP) is 3.28. The quantitative estimate of drug-likeness (QED) is 0.697. The van der Waals surface area contributed by atoms with E-state index in [2.05, 4.69) is 39.8 Å². The standard InChI is InChI=1S/C14H23BrN2O2S/c1-11(2)16-8-4-5-9-20(18,19)17-14-10-13(15)7-6-12(14)3/h6-7,10-11,16-17H,4-5,8-9H2,1-3H3. The molecule has 4 nitrogen and oxygen atoms in total. The molecule has 1 rings (SSSR count). The van der Waals surface area contributed by atoms with Gasteiger partial charge in [0.2, 0.25) is 10.0 Å². The molecule has 2 N–H and O–H groups in total. The molecule has 6 heteroatoms. The summed E-state index contributed by atoms with van der Waals surface area (Å²) >= 11 is 3.35. The maximum absolute atomic E-state index is 12.0. The number of hydrogen-bond acceptors (Lipinski definition) is 3. The fourth-order valence-electron chi connectivity index (χ4n) is 1.73. The van der Waals surface area contributed by atoms with Crippen LogP contribution in [0.4, 0.5) is 5.69 Å². The van der Waals surface area contributed by atoms with E-state index in [9.17, 15) is 8.42 Å². The van der Waals surface area contributed by atoms with Crippen molar-refractivity contribution in [3.8, 4) is 0 Å². The summed E-state index contributed by atoms with van der Waals surface area (Å²) in [7, 11) is -3.27. The van der Waals surface area contributed by atoms with Crippen molar-refractivity contribution in [1.82, 2.24) is 5.32 Å². The van der Waals surface area contributed by atoms with E-state index < -0.39 is 10.0 Å². The number of rotatable bonds is 8. The first-order valence-corrected chi connectivity index (χ1v) is 9.25. The summed E-state index contributed by atoms with van der Waals surface area (Å²) in [6, 6.07) is 6.00. The number of sulfonamides is 1. The van der Waals surface area contributed by atoms with Crippen molar-refractivity contribution in [1.29, 1.82) is 0 Å². The van der Waals surface area contributed by atoms with E-state index in [-0.39, 0.29) is 5.75 Å². The zero-order valence-corrected chi connectivity index (χ0v) is 14.6. The number of benzene rings is 1. The fraction of sp³-hybridized carbons (Fsp3) is 0.571. The highest BCUT2D eigenvalue weighted by atomic mass is 79.9. The molecule has 0 radical (unpaired) electrons. The molecule has 0 bridgehead atoms. The van der Waals surface area contributed by atoms with Gasteiger partial charge in [0, 0.05) is 10.5 Å². The lowest BCUT2D eigenvalue weighted by Crippen LogP contribution is -2.24. The van der Waals surface area contributed by atoms with E-state index in [0.29, 0.717) is 18.2 Å². The van der Waals surface area contributed by atoms with Crippen molar-refractivity contribution in [3.05, 3.63) is 28.2 Å². The molecule has 0 atom stereocenters. The highest BCUT2D eigenvalue weighted by molar-refractivity contribution is 9.10. The molecule has 20 heavy (non-hydrogen) atoms. The number of hydrogen-bond donors (Lipinski definition) is 2. The highest BCUT2D eigenvalue weighted by Crippen LogP contribution is 2.21. The third-order valence-corrected chi connectivity index (χ3v) is 4.71. The van der Waals surface area contributed by atoms with Gasteiger partial charge in [0.15, 0.2) is 0 Å². The number of aryl methyl sites for hydroxylation is 1. The van der Waals surface area contributed by atoms with Gasteiger partial charge in [0.25, 0.3) is 0 Å². The van der Waals surface area contributed by atoms with Gasteiger partial charge in [-0.2, -0.15) is 0 Å². The smallest absolute Gasteiger partial charge is 0.232 e. The van der Waals surface area contributed by atoms with Crippen LogP contribution < -0.4 is 10.0 Å². The Morgan fingerprint density at radius 3 is 2.60 bits per heavy atom. The molecule has 0 aliphatic heterocycles. The van der Waals surface area contributed by atoms with Gasteiger partial charge in [-0.15, -0.1) is 0 Å². The van der Waals surface area contributed by atoms with Crippen molar-refractivity contribution < 1.29 is 8.42 Å². The van der Waals surface area contributed by atoms with Crippen LogP contribution in [-0.2, 0) is 10.0 Å². The average molecular weight is 363 g/mol. The maximum atomic E-state index is 12.0. The van der Waals surface area contributed by atoms with Crippen LogP contribution in [0.15, 0.2) is 22.7 Å². The molecule has 0 aliphatic rings. The average Bonchev–Trinajstić information content (AvgIpc) is 2.32. The Balaban J connectivity index is 2.47. The summed E-state index contributed by atoms with van der Waals surface area (Å²) in [6.07, 6.45) is 1.51. The Morgan fingerprint density at radius 1 is 1.25 bits per heavy atom. The lowest BCUT2D eigenvalue weighted by molar-refractivity contribution is 0.561. The molecule has 0 fully saturated rings. The molecule has 0 saturated carbocycles. The molecule has 0 aliphatic carbocycles. The van der Waals surface area contributed by atoms with Crippen LogP contribution in [0.5, 0.6) is 0 Å². The predicted molar refractivity (Wildman–Crippen MR) is 88.7 cm³/mol. The third kappa shape index (κ3) is 6.72. The molecule has 1 aromatic rings. The second kappa shape index (κ2) is 8.00. The van der Waals surface area contributed by atoms with Crippen LogP contribution in [-0.4, -0.2) is 26.8 Å². The van der Waals surface area contributed by atoms with Crippen molar-refractivity contribution in [2.75, 3.05) is 17.0 Å². The molecule has 0 amide bonds. The minimum Gasteiger partial charge on any atom is -0.315 e. The second-order valence-corrected chi connectivity index (χ2v) is 7.95. The first-order valence-electron chi connectivity index (χ1n) is 6.80. The molecule has 0 aromatic heterocycles. The van der Waals surface area contributed by atoms with Gasteiger partial charge in [0.05, 0.1) is 11.4 Å². The normalized spacial score (nSPS) is 11.8. The van der Waals surface area contributed by atoms with Crippen LogP contribution in [0.1, 0.15) is 32.3 Å². The van der Waals surface area contributed by atoms with E-state index in [4.69, 9.17) is 0 Å². The van der Waals surface area contributed by atoms with E-state index in [0.717, 1.165) is 23.0 Å². The lowest BCUT2D eigenvalue weighted by atomic mass is 10.2. The lowest BCUT2D eigenvalue weighted by Gasteiger charge is -2.11. The van der Waals surface area contributed by atoms with Crippen LogP contribution in [0, 0.1) is 6.92 Å². The van der Waals surface area contributed by atoms with E-state index in [1.165, 1.54) is 0 Å². The largest absolute Gasteiger partial charge is 0.315 e. The summed E-state index contributed by atoms with van der Waals surface area (Å²) < 4.78 is 27.5. The Hall–Kier alpha value is -0.590. The molecule has 0 spiro atoms. The molecule has 0 heterocycles. The van der Waals surface area contributed by atoms with Crippen LogP contribution in [0.3, 0.4) is 0 Å². The number of unbranched alkanes of at least 4 members (excludes halogenated alkanes) is 1. The number of nitrogens with one attached hydrogen (secondary N) is 2. The minimum absolute atomic E-state index is 0.152. The van der Waals surface area contributed by atoms with Gasteiger partial charge in [-0.3, -0.25) is 4.72 Å². The van der Waals surface area contributed by atoms with E-state index in [1.807, 2.05) is 19.1 Å². The van der Waals surface area contributed by atoms with E-state index >= 15 is 0 Å². The third-order valence-electron chi connectivity index (χ3n) is 2.86. The fourth-order valence-corrected chi connectivity index (χ4v) is 3.33. The highest BCUT2D eigenvalue weighted by Gasteiger charge is 2.11. The summed E-state index contributed by atoms with van der Waals surface area (Å²) in [5, 5.41) is 3.28. The molecule has 1 aromatic carbocycles. The van der Waals surface area contributed by atoms with Crippen LogP contribution in [0.25, 0.3) is 0 Å². The zero-order valence-electron chi connectivity index (χ0n) is 12.2. The maximum Gasteiger partial charge on any atom is 0.232 e. The minimum atomic E-state index is -3.27. The summed E-state index contributed by atoms with van der Waals surface area (Å²) in [6.45, 7) is 6.89. The summed E-state index contributed by atoms with van der Waals surface area (Å²) in [5.41, 5.74) is 1.55. The van der Waals surface area contributed by atoms with Crippen LogP contribution >= 0.6 is 15.9 Å². The van der Waals surface area contributed by atoms with Gasteiger partial charge >= 0.3 is 0 Å². The first kappa shape index (κ1) is 17.5. The van der Waals surface area contributed by atoms with Crippen LogP contribution in [0.2, 0.25) is 0 Å². The van der Waals surface area contributed by atoms with Gasteiger partial charge in [-0.1, -0.05) is 35.8 Å². The van der Waals surface area contributed by atoms with Crippen molar-refractivity contribution in [2.45, 2.75) is 39.7 Å².